The first-order chi connectivity index (χ1) is 11.2. The average molecular weight is 342 g/mol. The number of aromatic nitrogens is 3. The molecule has 0 atom stereocenters. The highest BCUT2D eigenvalue weighted by Gasteiger charge is 2.29. The summed E-state index contributed by atoms with van der Waals surface area (Å²) in [5.74, 6) is -0.982. The molecule has 0 aliphatic carbocycles. The van der Waals surface area contributed by atoms with E-state index in [1.807, 2.05) is 0 Å². The number of hydrogen-bond acceptors (Lipinski definition) is 4. The molecule has 0 aromatic carbocycles. The summed E-state index contributed by atoms with van der Waals surface area (Å²) in [5, 5.41) is 2.20. The molecule has 0 bridgehead atoms. The molecule has 2 aromatic heterocycles. The maximum atomic E-state index is 12.4. The second-order valence-electron chi connectivity index (χ2n) is 4.82. The summed E-state index contributed by atoms with van der Waals surface area (Å²) in [6.45, 7) is 0.503. The van der Waals surface area contributed by atoms with Crippen molar-refractivity contribution in [1.82, 2.24) is 14.1 Å². The summed E-state index contributed by atoms with van der Waals surface area (Å²) < 4.78 is 38.9. The molecule has 0 saturated carbocycles. The van der Waals surface area contributed by atoms with E-state index >= 15 is 0 Å². The molecule has 0 unspecified atom stereocenters. The third kappa shape index (κ3) is 3.89. The summed E-state index contributed by atoms with van der Waals surface area (Å²) in [4.78, 5) is 39.9. The second kappa shape index (κ2) is 6.69. The molecule has 0 fully saturated rings. The fraction of sp³-hybridized carbons (Fsp3) is 0.286. The number of hydrogen-bond donors (Lipinski definition) is 1. The van der Waals surface area contributed by atoms with Gasteiger partial charge in [0, 0.05) is 12.7 Å². The van der Waals surface area contributed by atoms with Gasteiger partial charge in [-0.15, -0.1) is 0 Å². The first-order valence-corrected chi connectivity index (χ1v) is 6.85. The normalized spacial score (nSPS) is 11.3. The minimum atomic E-state index is -4.60. The molecule has 24 heavy (non-hydrogen) atoms. The fourth-order valence-corrected chi connectivity index (χ4v) is 1.98. The van der Waals surface area contributed by atoms with Gasteiger partial charge in [-0.05, 0) is 19.1 Å². The maximum absolute atomic E-state index is 12.4. The Kier molecular flexibility index (Phi) is 4.86. The molecule has 128 valence electrons. The Hall–Kier alpha value is -2.91. The van der Waals surface area contributed by atoms with Crippen LogP contribution in [0.4, 0.5) is 18.9 Å². The first kappa shape index (κ1) is 17.4. The lowest BCUT2D eigenvalue weighted by molar-refractivity contribution is -0.141. The molecular formula is C14H13F3N4O3. The SMILES string of the molecule is CCn1cncc(NC(=O)c2cccn(CC(F)(F)F)c2=O)c1=O. The zero-order valence-electron chi connectivity index (χ0n) is 12.5. The van der Waals surface area contributed by atoms with Crippen molar-refractivity contribution in [2.75, 3.05) is 5.32 Å². The number of rotatable bonds is 4. The van der Waals surface area contributed by atoms with Crippen molar-refractivity contribution < 1.29 is 18.0 Å². The van der Waals surface area contributed by atoms with Crippen molar-refractivity contribution in [3.05, 3.63) is 57.1 Å². The summed E-state index contributed by atoms with van der Waals surface area (Å²) in [7, 11) is 0. The van der Waals surface area contributed by atoms with Gasteiger partial charge in [-0.1, -0.05) is 0 Å². The highest BCUT2D eigenvalue weighted by atomic mass is 19.4. The zero-order chi connectivity index (χ0) is 17.9. The predicted molar refractivity (Wildman–Crippen MR) is 78.9 cm³/mol. The summed E-state index contributed by atoms with van der Waals surface area (Å²) in [6, 6.07) is 2.23. The summed E-state index contributed by atoms with van der Waals surface area (Å²) >= 11 is 0. The van der Waals surface area contributed by atoms with Crippen molar-refractivity contribution in [3.8, 4) is 0 Å². The Morgan fingerprint density at radius 3 is 2.58 bits per heavy atom. The van der Waals surface area contributed by atoms with E-state index in [9.17, 15) is 27.6 Å². The van der Waals surface area contributed by atoms with Gasteiger partial charge in [0.2, 0.25) is 0 Å². The molecule has 2 heterocycles. The Balaban J connectivity index is 2.33. The molecule has 0 aliphatic heterocycles. The van der Waals surface area contributed by atoms with Gasteiger partial charge in [0.1, 0.15) is 17.8 Å². The van der Waals surface area contributed by atoms with Crippen LogP contribution in [0.3, 0.4) is 0 Å². The maximum Gasteiger partial charge on any atom is 0.406 e. The minimum absolute atomic E-state index is 0.171. The monoisotopic (exact) mass is 342 g/mol. The van der Waals surface area contributed by atoms with Crippen molar-refractivity contribution >= 4 is 11.6 Å². The lowest BCUT2D eigenvalue weighted by Crippen LogP contribution is -2.34. The smallest absolute Gasteiger partial charge is 0.316 e. The van der Waals surface area contributed by atoms with E-state index in [1.54, 1.807) is 6.92 Å². The van der Waals surface area contributed by atoms with Crippen LogP contribution in [0.25, 0.3) is 0 Å². The standard InChI is InChI=1S/C14H13F3N4O3/c1-2-20-8-18-6-10(13(20)24)19-11(22)9-4-3-5-21(12(9)23)7-14(15,16)17/h3-6,8H,2,7H2,1H3,(H,19,22). The van der Waals surface area contributed by atoms with E-state index in [4.69, 9.17) is 0 Å². The molecule has 2 aromatic rings. The lowest BCUT2D eigenvalue weighted by Gasteiger charge is -2.11. The molecule has 1 N–H and O–H groups in total. The number of alkyl halides is 3. The molecular weight excluding hydrogens is 329 g/mol. The number of amides is 1. The lowest BCUT2D eigenvalue weighted by atomic mass is 10.2. The molecule has 10 heteroatoms. The third-order valence-electron chi connectivity index (χ3n) is 3.10. The largest absolute Gasteiger partial charge is 0.406 e. The van der Waals surface area contributed by atoms with Crippen molar-refractivity contribution in [3.63, 3.8) is 0 Å². The van der Waals surface area contributed by atoms with E-state index in [2.05, 4.69) is 10.3 Å². The number of aryl methyl sites for hydroxylation is 1. The van der Waals surface area contributed by atoms with Crippen molar-refractivity contribution in [1.29, 1.82) is 0 Å². The first-order valence-electron chi connectivity index (χ1n) is 6.85. The van der Waals surface area contributed by atoms with E-state index in [0.29, 0.717) is 11.1 Å². The molecule has 1 amide bonds. The number of carbonyl (C=O) groups is 1. The van der Waals surface area contributed by atoms with E-state index in [0.717, 1.165) is 24.5 Å². The van der Waals surface area contributed by atoms with Crippen LogP contribution in [0.15, 0.2) is 40.4 Å². The number of carbonyl (C=O) groups excluding carboxylic acids is 1. The topological polar surface area (TPSA) is 86.0 Å². The van der Waals surface area contributed by atoms with Gasteiger partial charge < -0.3 is 9.88 Å². The number of halogens is 3. The van der Waals surface area contributed by atoms with Gasteiger partial charge in [0.05, 0.1) is 12.5 Å². The van der Waals surface area contributed by atoms with E-state index < -0.39 is 35.3 Å². The van der Waals surface area contributed by atoms with Crippen LogP contribution >= 0.6 is 0 Å². The zero-order valence-corrected chi connectivity index (χ0v) is 12.5. The average Bonchev–Trinajstić information content (AvgIpc) is 2.50. The molecule has 0 spiro atoms. The molecule has 0 saturated heterocycles. The quantitative estimate of drug-likeness (QED) is 0.906. The molecule has 0 aliphatic rings. The Bertz CT molecular complexity index is 871. The van der Waals surface area contributed by atoms with Gasteiger partial charge >= 0.3 is 6.18 Å². The van der Waals surface area contributed by atoms with E-state index in [-0.39, 0.29) is 5.69 Å². The predicted octanol–water partition coefficient (Wildman–Crippen LogP) is 1.24. The molecule has 7 nitrogen and oxygen atoms in total. The summed E-state index contributed by atoms with van der Waals surface area (Å²) in [5.41, 5.74) is -2.32. The van der Waals surface area contributed by atoms with Crippen molar-refractivity contribution in [2.24, 2.45) is 0 Å². The van der Waals surface area contributed by atoms with Crippen LogP contribution < -0.4 is 16.4 Å². The fourth-order valence-electron chi connectivity index (χ4n) is 1.98. The van der Waals surface area contributed by atoms with Gasteiger partial charge in [-0.3, -0.25) is 19.0 Å². The van der Waals surface area contributed by atoms with Crippen LogP contribution in [0.2, 0.25) is 0 Å². The Morgan fingerprint density at radius 1 is 1.25 bits per heavy atom. The number of nitrogens with zero attached hydrogens (tertiary/aromatic N) is 3. The van der Waals surface area contributed by atoms with E-state index in [1.165, 1.54) is 10.9 Å². The van der Waals surface area contributed by atoms with Crippen molar-refractivity contribution in [2.45, 2.75) is 26.2 Å². The van der Waals surface area contributed by atoms with Crippen LogP contribution in [-0.4, -0.2) is 26.2 Å². The van der Waals surface area contributed by atoms with Crippen LogP contribution in [0.1, 0.15) is 17.3 Å². The van der Waals surface area contributed by atoms with Gasteiger partial charge in [-0.25, -0.2) is 4.98 Å². The van der Waals surface area contributed by atoms with Crippen LogP contribution in [-0.2, 0) is 13.1 Å². The minimum Gasteiger partial charge on any atom is -0.316 e. The number of anilines is 1. The number of pyridine rings is 1. The molecule has 2 rings (SSSR count). The summed E-state index contributed by atoms with van der Waals surface area (Å²) in [6.07, 6.45) is -1.29. The molecule has 0 radical (unpaired) electrons. The van der Waals surface area contributed by atoms with Gasteiger partial charge in [0.15, 0.2) is 0 Å². The van der Waals surface area contributed by atoms with Crippen LogP contribution in [0.5, 0.6) is 0 Å². The highest BCUT2D eigenvalue weighted by Crippen LogP contribution is 2.16. The third-order valence-corrected chi connectivity index (χ3v) is 3.10. The Morgan fingerprint density at radius 2 is 1.96 bits per heavy atom. The van der Waals surface area contributed by atoms with Gasteiger partial charge in [0.25, 0.3) is 17.0 Å². The second-order valence-corrected chi connectivity index (χ2v) is 4.82. The van der Waals surface area contributed by atoms with Crippen LogP contribution in [0, 0.1) is 0 Å². The highest BCUT2D eigenvalue weighted by molar-refractivity contribution is 6.03. The van der Waals surface area contributed by atoms with Gasteiger partial charge in [-0.2, -0.15) is 13.2 Å². The Labute approximate surface area is 133 Å². The number of nitrogens with one attached hydrogen (secondary N) is 1.